The Labute approximate surface area is 202 Å². The van der Waals surface area contributed by atoms with E-state index in [2.05, 4.69) is 34.6 Å². The van der Waals surface area contributed by atoms with Crippen molar-refractivity contribution < 1.29 is 9.47 Å². The van der Waals surface area contributed by atoms with E-state index in [1.165, 1.54) is 57.8 Å². The summed E-state index contributed by atoms with van der Waals surface area (Å²) >= 11 is 7.04. The van der Waals surface area contributed by atoms with Crippen LogP contribution >= 0.6 is 11.6 Å². The minimum absolute atomic E-state index is 0.00983. The Kier molecular flexibility index (Phi) is 6.51. The van der Waals surface area contributed by atoms with Crippen LogP contribution in [0.25, 0.3) is 0 Å². The van der Waals surface area contributed by atoms with Crippen molar-refractivity contribution in [3.8, 4) is 0 Å². The lowest BCUT2D eigenvalue weighted by Gasteiger charge is -2.63. The van der Waals surface area contributed by atoms with Gasteiger partial charge in [-0.25, -0.2) is 0 Å². The molecule has 0 amide bonds. The molecular weight excluding hydrogens is 416 g/mol. The molecule has 5 fully saturated rings. The van der Waals surface area contributed by atoms with Crippen LogP contribution in [0, 0.1) is 52.3 Å². The number of alkyl halides is 1. The summed E-state index contributed by atoms with van der Waals surface area (Å²) in [4.78, 5) is 0. The van der Waals surface area contributed by atoms with Gasteiger partial charge < -0.3 is 9.47 Å². The molecule has 0 aromatic heterocycles. The van der Waals surface area contributed by atoms with Crippen LogP contribution < -0.4 is 0 Å². The number of rotatable bonds is 5. The fraction of sp³-hybridized carbons (Fsp3) is 1.00. The molecule has 0 bridgehead atoms. The predicted octanol–water partition coefficient (Wildman–Crippen LogP) is 8.07. The number of hydrogen-bond donors (Lipinski definition) is 0. The molecule has 1 saturated heterocycles. The SMILES string of the molecule is CC(C)CCCC(C)C1CCC2C3CCC4CC5(OCCO5)C(Cl)CC4(C)C3CCC12C. The molecule has 1 spiro atoms. The summed E-state index contributed by atoms with van der Waals surface area (Å²) in [6.45, 7) is 14.1. The number of hydrogen-bond acceptors (Lipinski definition) is 2. The Morgan fingerprint density at radius 2 is 1.56 bits per heavy atom. The normalized spacial score (nSPS) is 48.5. The lowest BCUT2D eigenvalue weighted by Crippen LogP contribution is -2.59. The molecule has 32 heavy (non-hydrogen) atoms. The van der Waals surface area contributed by atoms with Crippen molar-refractivity contribution in [3.05, 3.63) is 0 Å². The first-order valence-corrected chi connectivity index (χ1v) is 14.6. The van der Waals surface area contributed by atoms with Gasteiger partial charge in [0.25, 0.3) is 0 Å². The second-order valence-electron chi connectivity index (χ2n) is 13.6. The van der Waals surface area contributed by atoms with Gasteiger partial charge in [-0.1, -0.05) is 53.9 Å². The zero-order valence-corrected chi connectivity index (χ0v) is 22.3. The molecular formula is C29H49ClO2. The zero-order chi connectivity index (χ0) is 22.7. The lowest BCUT2D eigenvalue weighted by atomic mass is 9.44. The summed E-state index contributed by atoms with van der Waals surface area (Å²) in [5, 5.41) is 0.00983. The lowest BCUT2D eigenvalue weighted by molar-refractivity contribution is -0.226. The summed E-state index contributed by atoms with van der Waals surface area (Å²) in [6.07, 6.45) is 15.0. The van der Waals surface area contributed by atoms with Crippen LogP contribution in [0.1, 0.15) is 105 Å². The number of halogens is 1. The second-order valence-corrected chi connectivity index (χ2v) is 14.1. The van der Waals surface area contributed by atoms with E-state index in [4.69, 9.17) is 21.1 Å². The second kappa shape index (κ2) is 8.70. The maximum Gasteiger partial charge on any atom is 0.185 e. The predicted molar refractivity (Wildman–Crippen MR) is 133 cm³/mol. The van der Waals surface area contributed by atoms with E-state index in [-0.39, 0.29) is 5.38 Å². The Morgan fingerprint density at radius 1 is 0.844 bits per heavy atom. The maximum atomic E-state index is 7.04. The highest BCUT2D eigenvalue weighted by Crippen LogP contribution is 2.69. The molecule has 0 N–H and O–H groups in total. The topological polar surface area (TPSA) is 18.5 Å². The monoisotopic (exact) mass is 464 g/mol. The van der Waals surface area contributed by atoms with Crippen molar-refractivity contribution in [2.75, 3.05) is 13.2 Å². The van der Waals surface area contributed by atoms with Gasteiger partial charge in [0.15, 0.2) is 5.79 Å². The van der Waals surface area contributed by atoms with Gasteiger partial charge in [-0.05, 0) is 97.2 Å². The summed E-state index contributed by atoms with van der Waals surface area (Å²) in [7, 11) is 0. The van der Waals surface area contributed by atoms with Gasteiger partial charge in [-0.3, -0.25) is 0 Å². The van der Waals surface area contributed by atoms with Crippen LogP contribution in [0.3, 0.4) is 0 Å². The van der Waals surface area contributed by atoms with Gasteiger partial charge >= 0.3 is 0 Å². The smallest absolute Gasteiger partial charge is 0.185 e. The van der Waals surface area contributed by atoms with Crippen molar-refractivity contribution in [1.29, 1.82) is 0 Å². The highest BCUT2D eigenvalue weighted by Gasteiger charge is 2.64. The minimum atomic E-state index is -0.481. The summed E-state index contributed by atoms with van der Waals surface area (Å²) < 4.78 is 12.3. The molecule has 1 aliphatic heterocycles. The van der Waals surface area contributed by atoms with E-state index >= 15 is 0 Å². The third-order valence-electron chi connectivity index (χ3n) is 11.7. The molecule has 184 valence electrons. The zero-order valence-electron chi connectivity index (χ0n) is 21.5. The Morgan fingerprint density at radius 3 is 2.28 bits per heavy atom. The van der Waals surface area contributed by atoms with E-state index in [1.807, 2.05) is 0 Å². The van der Waals surface area contributed by atoms with Gasteiger partial charge in [0.2, 0.25) is 0 Å². The van der Waals surface area contributed by atoms with Crippen LogP contribution in [-0.2, 0) is 9.47 Å². The quantitative estimate of drug-likeness (QED) is 0.383. The third kappa shape index (κ3) is 3.72. The van der Waals surface area contributed by atoms with Crippen molar-refractivity contribution in [3.63, 3.8) is 0 Å². The van der Waals surface area contributed by atoms with Crippen LogP contribution in [0.5, 0.6) is 0 Å². The van der Waals surface area contributed by atoms with Crippen molar-refractivity contribution in [2.45, 2.75) is 116 Å². The summed E-state index contributed by atoms with van der Waals surface area (Å²) in [6, 6.07) is 0. The minimum Gasteiger partial charge on any atom is -0.346 e. The van der Waals surface area contributed by atoms with Crippen LogP contribution in [0.4, 0.5) is 0 Å². The van der Waals surface area contributed by atoms with Crippen LogP contribution in [0.2, 0.25) is 0 Å². The van der Waals surface area contributed by atoms with E-state index in [0.29, 0.717) is 16.7 Å². The molecule has 2 nitrogen and oxygen atoms in total. The molecule has 3 heteroatoms. The van der Waals surface area contributed by atoms with Gasteiger partial charge in [0.1, 0.15) is 0 Å². The van der Waals surface area contributed by atoms with Gasteiger partial charge in [-0.15, -0.1) is 11.6 Å². The van der Waals surface area contributed by atoms with Crippen LogP contribution in [-0.4, -0.2) is 24.4 Å². The van der Waals surface area contributed by atoms with E-state index in [1.54, 1.807) is 0 Å². The summed E-state index contributed by atoms with van der Waals surface area (Å²) in [5.74, 6) is 5.65. The van der Waals surface area contributed by atoms with Gasteiger partial charge in [0.05, 0.1) is 18.6 Å². The first-order chi connectivity index (χ1) is 15.2. The molecule has 5 rings (SSSR count). The van der Waals surface area contributed by atoms with Crippen LogP contribution in [0.15, 0.2) is 0 Å². The van der Waals surface area contributed by atoms with Gasteiger partial charge in [0, 0.05) is 6.42 Å². The summed E-state index contributed by atoms with van der Waals surface area (Å²) in [5.41, 5.74) is 0.952. The van der Waals surface area contributed by atoms with E-state index in [9.17, 15) is 0 Å². The average Bonchev–Trinajstić information content (AvgIpc) is 3.34. The highest BCUT2D eigenvalue weighted by atomic mass is 35.5. The van der Waals surface area contributed by atoms with E-state index < -0.39 is 5.79 Å². The number of ether oxygens (including phenoxy) is 2. The fourth-order valence-corrected chi connectivity index (χ4v) is 10.5. The Bertz CT molecular complexity index is 672. The molecule has 9 atom stereocenters. The number of fused-ring (bicyclic) bond motifs is 5. The van der Waals surface area contributed by atoms with Crippen molar-refractivity contribution in [2.24, 2.45) is 52.3 Å². The highest BCUT2D eigenvalue weighted by molar-refractivity contribution is 6.21. The maximum absolute atomic E-state index is 7.04. The molecule has 5 aliphatic rings. The Balaban J connectivity index is 1.30. The van der Waals surface area contributed by atoms with Crippen molar-refractivity contribution >= 4 is 11.6 Å². The van der Waals surface area contributed by atoms with Crippen molar-refractivity contribution in [1.82, 2.24) is 0 Å². The van der Waals surface area contributed by atoms with E-state index in [0.717, 1.165) is 61.6 Å². The molecule has 4 aliphatic carbocycles. The first-order valence-electron chi connectivity index (χ1n) is 14.1. The fourth-order valence-electron chi connectivity index (χ4n) is 9.99. The molecule has 0 aromatic carbocycles. The first kappa shape index (κ1) is 23.9. The standard InChI is InChI=1S/C29H49ClO2/c1-19(2)7-6-8-20(3)23-11-12-24-22-10-9-21-17-29(31-15-16-32-29)26(30)18-28(21,5)25(22)13-14-27(23,24)4/h19-26H,6-18H2,1-5H3. The molecule has 0 radical (unpaired) electrons. The molecule has 0 aromatic rings. The molecule has 9 unspecified atom stereocenters. The van der Waals surface area contributed by atoms with Gasteiger partial charge in [-0.2, -0.15) is 0 Å². The average molecular weight is 465 g/mol. The largest absolute Gasteiger partial charge is 0.346 e. The third-order valence-corrected chi connectivity index (χ3v) is 12.2. The molecule has 1 heterocycles. The molecule has 4 saturated carbocycles. The Hall–Kier alpha value is 0.210.